The van der Waals surface area contributed by atoms with Crippen molar-refractivity contribution >= 4 is 14.9 Å². The zero-order valence-corrected chi connectivity index (χ0v) is 13.6. The van der Waals surface area contributed by atoms with Gasteiger partial charge in [-0.2, -0.15) is 4.99 Å². The summed E-state index contributed by atoms with van der Waals surface area (Å²) < 4.78 is 16.9. The maximum atomic E-state index is 10.4. The molecule has 1 atom stereocenters. The smallest absolute Gasteiger partial charge is 0.397 e. The van der Waals surface area contributed by atoms with Crippen LogP contribution in [0.4, 0.5) is 0 Å². The second-order valence-corrected chi connectivity index (χ2v) is 6.10. The van der Waals surface area contributed by atoms with Gasteiger partial charge in [-0.05, 0) is 34.1 Å². The van der Waals surface area contributed by atoms with E-state index in [4.69, 9.17) is 18.4 Å². The second kappa shape index (κ2) is 13.9. The highest BCUT2D eigenvalue weighted by molar-refractivity contribution is 6.62. The first kappa shape index (κ1) is 20.7. The molecule has 19 heavy (non-hydrogen) atoms. The van der Waals surface area contributed by atoms with E-state index in [9.17, 15) is 4.79 Å². The zero-order valence-electron chi connectivity index (χ0n) is 12.6. The molecule has 7 heteroatoms. The summed E-state index contributed by atoms with van der Waals surface area (Å²) in [5.74, 6) is 0. The largest absolute Gasteiger partial charge is 0.527 e. The monoisotopic (exact) mass is 293 g/mol. The molecule has 0 rings (SSSR count). The molecule has 1 unspecified atom stereocenters. The molecule has 0 aromatic carbocycles. The van der Waals surface area contributed by atoms with Gasteiger partial charge in [0.1, 0.15) is 5.67 Å². The van der Waals surface area contributed by atoms with Crippen LogP contribution >= 0.6 is 0 Å². The van der Waals surface area contributed by atoms with Crippen molar-refractivity contribution in [1.82, 2.24) is 0 Å². The van der Waals surface area contributed by atoms with Gasteiger partial charge in [0.2, 0.25) is 6.08 Å². The average molecular weight is 293 g/mol. The normalized spacial score (nSPS) is 12.1. The number of hydrogen-bond donors (Lipinski definition) is 1. The van der Waals surface area contributed by atoms with Crippen LogP contribution in [0.15, 0.2) is 4.99 Å². The summed E-state index contributed by atoms with van der Waals surface area (Å²) in [5, 5.41) is 7.57. The zero-order chi connectivity index (χ0) is 15.1. The van der Waals surface area contributed by atoms with Crippen molar-refractivity contribution in [3.05, 3.63) is 0 Å². The van der Waals surface area contributed by atoms with E-state index in [-0.39, 0.29) is 12.3 Å². The van der Waals surface area contributed by atoms with Crippen LogP contribution in [-0.4, -0.2) is 52.1 Å². The molecule has 0 aliphatic carbocycles. The van der Waals surface area contributed by atoms with Crippen LogP contribution in [-0.2, 0) is 18.1 Å². The Morgan fingerprint density at radius 3 is 1.63 bits per heavy atom. The number of isocyanates is 1. The van der Waals surface area contributed by atoms with Gasteiger partial charge >= 0.3 is 8.80 Å². The molecule has 0 spiro atoms. The molecule has 0 amide bonds. The molecule has 0 bridgehead atoms. The van der Waals surface area contributed by atoms with Crippen molar-refractivity contribution in [3.8, 4) is 0 Å². The van der Waals surface area contributed by atoms with Gasteiger partial charge in [0.25, 0.3) is 0 Å². The van der Waals surface area contributed by atoms with Crippen LogP contribution in [0.5, 0.6) is 0 Å². The molecule has 0 aliphatic heterocycles. The Hall–Kier alpha value is -0.563. The van der Waals surface area contributed by atoms with E-state index in [2.05, 4.69) is 4.99 Å². The summed E-state index contributed by atoms with van der Waals surface area (Å²) >= 11 is 0. The fraction of sp³-hybridized carbons (Fsp3) is 0.917. The summed E-state index contributed by atoms with van der Waals surface area (Å²) in [7, 11) is -2.88. The lowest BCUT2D eigenvalue weighted by Crippen LogP contribution is -2.55. The lowest BCUT2D eigenvalue weighted by molar-refractivity contribution is 0.0621. The average Bonchev–Trinajstić information content (AvgIpc) is 2.37. The number of aliphatic imine (C=N–C) groups is 1. The van der Waals surface area contributed by atoms with E-state index in [1.165, 1.54) is 0 Å². The Morgan fingerprint density at radius 2 is 1.42 bits per heavy atom. The minimum Gasteiger partial charge on any atom is -0.397 e. The molecular formula is C12H27NO5Si. The van der Waals surface area contributed by atoms with Crippen LogP contribution < -0.4 is 0 Å². The van der Waals surface area contributed by atoms with Crippen molar-refractivity contribution in [2.75, 3.05) is 26.4 Å². The van der Waals surface area contributed by atoms with Gasteiger partial charge in [-0.1, -0.05) is 6.92 Å². The summed E-state index contributed by atoms with van der Waals surface area (Å²) in [4.78, 5) is 14.1. The number of aliphatic hydroxyl groups is 1. The van der Waals surface area contributed by atoms with Crippen molar-refractivity contribution < 1.29 is 23.2 Å². The van der Waals surface area contributed by atoms with E-state index in [1.807, 2.05) is 27.7 Å². The first-order chi connectivity index (χ1) is 9.12. The fourth-order valence-electron chi connectivity index (χ4n) is 1.50. The minimum atomic E-state index is -2.88. The second-order valence-electron chi connectivity index (χ2n) is 3.36. The first-order valence-electron chi connectivity index (χ1n) is 6.71. The van der Waals surface area contributed by atoms with Gasteiger partial charge in [-0.25, -0.2) is 4.79 Å². The number of aliphatic hydroxyl groups excluding tert-OH is 1. The summed E-state index contributed by atoms with van der Waals surface area (Å²) in [6.45, 7) is 10.9. The Balaban J connectivity index is 0. The predicted molar refractivity (Wildman–Crippen MR) is 75.6 cm³/mol. The van der Waals surface area contributed by atoms with Crippen LogP contribution in [0, 0.1) is 0 Å². The van der Waals surface area contributed by atoms with Crippen LogP contribution in [0.25, 0.3) is 0 Å². The van der Waals surface area contributed by atoms with Crippen molar-refractivity contribution in [3.63, 3.8) is 0 Å². The standard InChI is InChI=1S/C10H21NO4Si.C2H6O/c1-5-10(11-9-12)16(13-6-2,14-7-3)15-8-4;1-2-3/h10H,5-8H2,1-4H3;3H,2H2,1H3. The molecule has 114 valence electrons. The SMILES string of the molecule is CCO.CCO[Si](OCC)(OCC)C(CC)N=C=O. The minimum absolute atomic E-state index is 0.250. The third-order valence-electron chi connectivity index (χ3n) is 2.04. The molecule has 0 saturated carbocycles. The molecule has 1 N–H and O–H groups in total. The van der Waals surface area contributed by atoms with Gasteiger partial charge in [0.15, 0.2) is 0 Å². The third-order valence-corrected chi connectivity index (χ3v) is 5.47. The highest BCUT2D eigenvalue weighted by Gasteiger charge is 2.49. The Morgan fingerprint density at radius 1 is 1.05 bits per heavy atom. The molecule has 0 saturated heterocycles. The van der Waals surface area contributed by atoms with Crippen molar-refractivity contribution in [2.45, 2.75) is 46.7 Å². The van der Waals surface area contributed by atoms with Crippen molar-refractivity contribution in [1.29, 1.82) is 0 Å². The molecule has 0 heterocycles. The third kappa shape index (κ3) is 8.25. The van der Waals surface area contributed by atoms with Crippen LogP contribution in [0.3, 0.4) is 0 Å². The number of nitrogens with zero attached hydrogens (tertiary/aromatic N) is 1. The summed E-state index contributed by atoms with van der Waals surface area (Å²) in [6.07, 6.45) is 2.21. The summed E-state index contributed by atoms with van der Waals surface area (Å²) in [5.41, 5.74) is -0.357. The van der Waals surface area contributed by atoms with E-state index < -0.39 is 8.80 Å². The lowest BCUT2D eigenvalue weighted by atomic mass is 10.5. The van der Waals surface area contributed by atoms with E-state index in [1.54, 1.807) is 13.0 Å². The Labute approximate surface area is 117 Å². The number of rotatable bonds is 9. The maximum Gasteiger partial charge on any atom is 0.527 e. The highest BCUT2D eigenvalue weighted by atomic mass is 28.4. The molecular weight excluding hydrogens is 266 g/mol. The fourth-order valence-corrected chi connectivity index (χ4v) is 4.25. The molecule has 6 nitrogen and oxygen atoms in total. The maximum absolute atomic E-state index is 10.4. The van der Waals surface area contributed by atoms with Gasteiger partial charge < -0.3 is 18.4 Å². The summed E-state index contributed by atoms with van der Waals surface area (Å²) in [6, 6.07) is 0. The quantitative estimate of drug-likeness (QED) is 0.397. The molecule has 0 aliphatic rings. The topological polar surface area (TPSA) is 77.3 Å². The van der Waals surface area contributed by atoms with Crippen LogP contribution in [0.2, 0.25) is 0 Å². The molecule has 0 aromatic rings. The number of carbonyl (C=O) groups excluding carboxylic acids is 1. The van der Waals surface area contributed by atoms with Gasteiger partial charge in [-0.3, -0.25) is 0 Å². The molecule has 0 radical (unpaired) electrons. The van der Waals surface area contributed by atoms with Crippen molar-refractivity contribution in [2.24, 2.45) is 4.99 Å². The van der Waals surface area contributed by atoms with Gasteiger partial charge in [-0.15, -0.1) is 0 Å². The Bertz CT molecular complexity index is 229. The first-order valence-corrected chi connectivity index (χ1v) is 8.52. The molecule has 0 fully saturated rings. The number of hydrogen-bond acceptors (Lipinski definition) is 6. The van der Waals surface area contributed by atoms with E-state index in [0.29, 0.717) is 26.2 Å². The highest BCUT2D eigenvalue weighted by Crippen LogP contribution is 2.20. The van der Waals surface area contributed by atoms with Gasteiger partial charge in [0, 0.05) is 26.4 Å². The predicted octanol–water partition coefficient (Wildman–Crippen LogP) is 1.69. The Kier molecular flexibility index (Phi) is 15.1. The van der Waals surface area contributed by atoms with E-state index in [0.717, 1.165) is 0 Å². The van der Waals surface area contributed by atoms with E-state index >= 15 is 0 Å². The van der Waals surface area contributed by atoms with Gasteiger partial charge in [0.05, 0.1) is 0 Å². The molecule has 0 aromatic heterocycles. The van der Waals surface area contributed by atoms with Crippen LogP contribution in [0.1, 0.15) is 41.0 Å². The lowest BCUT2D eigenvalue weighted by Gasteiger charge is -2.31.